The molecule has 0 rings (SSSR count). The third kappa shape index (κ3) is 1290. The molecule has 0 radical (unpaired) electrons. The summed E-state index contributed by atoms with van der Waals surface area (Å²) in [5.74, 6) is 0. The molecule has 0 aromatic rings. The van der Waals surface area contributed by atoms with Crippen LogP contribution in [-0.2, 0) is 0 Å². The molecule has 0 heterocycles. The molecule has 0 atom stereocenters. The molecule has 0 aliphatic carbocycles. The Morgan fingerprint density at radius 1 is 0.571 bits per heavy atom. The first-order valence-corrected chi connectivity index (χ1v) is 0.500. The smallest absolute Gasteiger partial charge is 0.106 e. The molecular weight excluding hydrogens is 135 g/mol. The number of hydrogen-bond donors (Lipinski definition) is 0. The average Bonchev–Trinajstić information content (AvgIpc) is 1.00. The predicted molar refractivity (Wildman–Crippen MR) is 28.5 cm³/mol. The molecule has 0 saturated heterocycles. The third-order valence-corrected chi connectivity index (χ3v) is 0. The van der Waals surface area contributed by atoms with Crippen molar-refractivity contribution in [1.82, 2.24) is 0 Å². The van der Waals surface area contributed by atoms with Gasteiger partial charge in [-0.2, -0.15) is 0 Å². The lowest BCUT2D eigenvalue weighted by atomic mass is 11.3. The standard InChI is InChI=1S/C2H4.ClH.4FH/c1-2;;;;;/h1-2H2;5*1H. The molecule has 0 fully saturated rings. The van der Waals surface area contributed by atoms with Crippen LogP contribution in [0, 0.1) is 0 Å². The topological polar surface area (TPSA) is 0 Å². The summed E-state index contributed by atoms with van der Waals surface area (Å²) in [6.07, 6.45) is 0. The van der Waals surface area contributed by atoms with Gasteiger partial charge in [0.1, 0.15) is 0 Å². The van der Waals surface area contributed by atoms with Crippen LogP contribution in [0.25, 0.3) is 0 Å². The Morgan fingerprint density at radius 2 is 0.571 bits per heavy atom. The molecule has 0 aromatic carbocycles. The first-order valence-electron chi connectivity index (χ1n) is 0.500. The number of rotatable bonds is 0. The molecule has 0 N–H and O–H groups in total. The number of halogens is 5. The van der Waals surface area contributed by atoms with Crippen molar-refractivity contribution in [2.45, 2.75) is 0 Å². The SMILES string of the molecule is C=C.Cl.F.F.F.F. The summed E-state index contributed by atoms with van der Waals surface area (Å²) in [5.41, 5.74) is 0. The van der Waals surface area contributed by atoms with Crippen LogP contribution in [0.5, 0.6) is 0 Å². The Balaban J connectivity index is -0.000000000500. The van der Waals surface area contributed by atoms with Gasteiger partial charge >= 0.3 is 0 Å². The largest absolute Gasteiger partial charge is 0.269 e. The Morgan fingerprint density at radius 3 is 0.571 bits per heavy atom. The zero-order chi connectivity index (χ0) is 2.00. The molecule has 0 aromatic heterocycles. The van der Waals surface area contributed by atoms with E-state index in [4.69, 9.17) is 0 Å². The highest BCUT2D eigenvalue weighted by Crippen LogP contribution is 0.862. The summed E-state index contributed by atoms with van der Waals surface area (Å²) < 4.78 is 0. The van der Waals surface area contributed by atoms with Gasteiger partial charge in [-0.25, -0.2) is 0 Å². The lowest BCUT2D eigenvalue weighted by molar-refractivity contribution is 1.11. The first-order chi connectivity index (χ1) is 1.00. The molecule has 0 saturated carbocycles. The zero-order valence-electron chi connectivity index (χ0n) is 3.46. The second-order valence-corrected chi connectivity index (χ2v) is 0. The summed E-state index contributed by atoms with van der Waals surface area (Å²) in [6.45, 7) is 6.00. The van der Waals surface area contributed by atoms with Crippen molar-refractivity contribution in [3.05, 3.63) is 13.2 Å². The van der Waals surface area contributed by atoms with Gasteiger partial charge in [-0.1, -0.05) is 0 Å². The molecule has 0 amide bonds. The van der Waals surface area contributed by atoms with Gasteiger partial charge in [0.05, 0.1) is 0 Å². The van der Waals surface area contributed by atoms with Crippen LogP contribution in [-0.4, -0.2) is 0 Å². The van der Waals surface area contributed by atoms with Crippen molar-refractivity contribution in [1.29, 1.82) is 0 Å². The van der Waals surface area contributed by atoms with Crippen LogP contribution in [0.3, 0.4) is 0 Å². The molecular formula is C2H9ClF4. The second-order valence-electron chi connectivity index (χ2n) is 0. The molecule has 0 nitrogen and oxygen atoms in total. The van der Waals surface area contributed by atoms with Crippen molar-refractivity contribution in [3.63, 3.8) is 0 Å². The maximum absolute atomic E-state index is 3.00. The minimum atomic E-state index is 0. The normalized spacial score (nSPS) is 0.571. The molecule has 52 valence electrons. The van der Waals surface area contributed by atoms with Gasteiger partial charge in [-0.15, -0.1) is 25.6 Å². The summed E-state index contributed by atoms with van der Waals surface area (Å²) >= 11 is 0. The van der Waals surface area contributed by atoms with E-state index in [1.165, 1.54) is 0 Å². The third-order valence-electron chi connectivity index (χ3n) is 0. The lowest BCUT2D eigenvalue weighted by Gasteiger charge is -0.813. The van der Waals surface area contributed by atoms with Crippen molar-refractivity contribution in [3.8, 4) is 0 Å². The van der Waals surface area contributed by atoms with Crippen LogP contribution in [0.4, 0.5) is 18.8 Å². The van der Waals surface area contributed by atoms with Crippen LogP contribution in [0.15, 0.2) is 13.2 Å². The number of hydrogen-bond acceptors (Lipinski definition) is 0. The van der Waals surface area contributed by atoms with Gasteiger partial charge in [0, 0.05) is 0 Å². The van der Waals surface area contributed by atoms with Crippen molar-refractivity contribution < 1.29 is 18.8 Å². The van der Waals surface area contributed by atoms with E-state index in [0.29, 0.717) is 0 Å². The Labute approximate surface area is 45.5 Å². The summed E-state index contributed by atoms with van der Waals surface area (Å²) in [5, 5.41) is 0. The highest BCUT2D eigenvalue weighted by Gasteiger charge is 0.601. The van der Waals surface area contributed by atoms with Crippen LogP contribution in [0.1, 0.15) is 0 Å². The summed E-state index contributed by atoms with van der Waals surface area (Å²) in [6, 6.07) is 0. The summed E-state index contributed by atoms with van der Waals surface area (Å²) in [4.78, 5) is 0. The average molecular weight is 145 g/mol. The van der Waals surface area contributed by atoms with E-state index in [-0.39, 0.29) is 31.2 Å². The van der Waals surface area contributed by atoms with Gasteiger partial charge < -0.3 is 0 Å². The van der Waals surface area contributed by atoms with Crippen molar-refractivity contribution in [2.24, 2.45) is 0 Å². The van der Waals surface area contributed by atoms with Crippen molar-refractivity contribution >= 4 is 12.4 Å². The van der Waals surface area contributed by atoms with Crippen LogP contribution >= 0.6 is 12.4 Å². The monoisotopic (exact) mass is 144 g/mol. The molecule has 0 unspecified atom stereocenters. The van der Waals surface area contributed by atoms with Crippen LogP contribution in [0.2, 0.25) is 0 Å². The van der Waals surface area contributed by atoms with Gasteiger partial charge in [-0.3, -0.25) is 18.8 Å². The lowest BCUT2D eigenvalue weighted by Crippen LogP contribution is -0.552. The zero-order valence-corrected chi connectivity index (χ0v) is 4.27. The minimum Gasteiger partial charge on any atom is -0.269 e. The highest BCUT2D eigenvalue weighted by atomic mass is 35.5. The van der Waals surface area contributed by atoms with Gasteiger partial charge in [-0.05, 0) is 0 Å². The highest BCUT2D eigenvalue weighted by molar-refractivity contribution is 5.85. The van der Waals surface area contributed by atoms with Crippen LogP contribution < -0.4 is 0 Å². The fraction of sp³-hybridized carbons (Fsp3) is 0. The minimum absolute atomic E-state index is 0. The quantitative estimate of drug-likeness (QED) is 0.360. The first kappa shape index (κ1) is 397. The van der Waals surface area contributed by atoms with E-state index in [9.17, 15) is 0 Å². The summed E-state index contributed by atoms with van der Waals surface area (Å²) in [7, 11) is 0. The fourth-order valence-corrected chi connectivity index (χ4v) is 0. The second kappa shape index (κ2) is 2080. The molecule has 0 aliphatic rings. The Bertz CT molecular complexity index is 9.65. The maximum Gasteiger partial charge on any atom is -0.106 e. The molecule has 0 bridgehead atoms. The van der Waals surface area contributed by atoms with E-state index in [0.717, 1.165) is 0 Å². The Kier molecular flexibility index (Phi) is 118000. The molecule has 0 aliphatic heterocycles. The van der Waals surface area contributed by atoms with Gasteiger partial charge in [0.15, 0.2) is 0 Å². The van der Waals surface area contributed by atoms with Crippen molar-refractivity contribution in [2.75, 3.05) is 0 Å². The molecule has 5 heteroatoms. The van der Waals surface area contributed by atoms with E-state index >= 15 is 0 Å². The van der Waals surface area contributed by atoms with E-state index in [2.05, 4.69) is 13.2 Å². The van der Waals surface area contributed by atoms with E-state index in [1.807, 2.05) is 0 Å². The maximum atomic E-state index is 3.00. The van der Waals surface area contributed by atoms with Gasteiger partial charge in [0.25, 0.3) is 0 Å². The van der Waals surface area contributed by atoms with Gasteiger partial charge in [0.2, 0.25) is 0 Å². The van der Waals surface area contributed by atoms with E-state index < -0.39 is 0 Å². The molecule has 0 spiro atoms. The predicted octanol–water partition coefficient (Wildman–Crippen LogP) is 1.83. The van der Waals surface area contributed by atoms with E-state index in [1.54, 1.807) is 0 Å². The fourth-order valence-electron chi connectivity index (χ4n) is 0. The Hall–Kier alpha value is -0.250. The molecule has 7 heavy (non-hydrogen) atoms.